The molecular weight excluding hydrogens is 564 g/mol. The SMILES string of the molecule is Cc1c(-n2cc(Cn3cc(/C=C4\SC(=O)N(Cc5cccc(Cl)c5)C4=O)c4ccccc43)nn2)cccc1[N+](=O)[O-]. The Balaban J connectivity index is 1.28. The van der Waals surface area contributed by atoms with Crippen LogP contribution in [-0.2, 0) is 17.9 Å². The molecular formula is C29H21ClN6O4S. The number of amides is 2. The molecule has 1 aliphatic heterocycles. The van der Waals surface area contributed by atoms with Crippen molar-refractivity contribution in [2.45, 2.75) is 20.0 Å². The van der Waals surface area contributed by atoms with E-state index >= 15 is 0 Å². The number of benzene rings is 3. The minimum atomic E-state index is -0.421. The number of carbonyl (C=O) groups excluding carboxylic acids is 2. The zero-order valence-electron chi connectivity index (χ0n) is 21.6. The van der Waals surface area contributed by atoms with Crippen molar-refractivity contribution in [2.24, 2.45) is 0 Å². The van der Waals surface area contributed by atoms with E-state index in [1.807, 2.05) is 41.1 Å². The molecule has 0 aliphatic carbocycles. The van der Waals surface area contributed by atoms with Crippen molar-refractivity contribution in [1.82, 2.24) is 24.5 Å². The van der Waals surface area contributed by atoms with Crippen LogP contribution in [0.5, 0.6) is 0 Å². The van der Waals surface area contributed by atoms with Gasteiger partial charge in [0.15, 0.2) is 0 Å². The molecule has 1 fully saturated rings. The standard InChI is InChI=1S/C29H21ClN6O4S/c1-18-24(10-5-11-25(18)36(39)40)35-17-22(31-32-35)16-33-15-20(23-8-2-3-9-26(23)33)13-27-28(37)34(29(38)41-27)14-19-6-4-7-21(30)12-19/h2-13,15,17H,14,16H2,1H3/b27-13-. The molecule has 2 amide bonds. The van der Waals surface area contributed by atoms with Gasteiger partial charge in [0.2, 0.25) is 0 Å². The second kappa shape index (κ2) is 10.7. The number of nitro benzene ring substituents is 1. The van der Waals surface area contributed by atoms with Crippen molar-refractivity contribution in [3.8, 4) is 5.69 Å². The van der Waals surface area contributed by atoms with E-state index in [4.69, 9.17) is 11.6 Å². The summed E-state index contributed by atoms with van der Waals surface area (Å²) in [6, 6.07) is 19.7. The number of rotatable bonds is 7. The summed E-state index contributed by atoms with van der Waals surface area (Å²) in [7, 11) is 0. The van der Waals surface area contributed by atoms with Gasteiger partial charge in [0.1, 0.15) is 5.69 Å². The maximum absolute atomic E-state index is 13.2. The summed E-state index contributed by atoms with van der Waals surface area (Å²) in [6.07, 6.45) is 5.39. The average molecular weight is 585 g/mol. The van der Waals surface area contributed by atoms with Crippen LogP contribution in [0.1, 0.15) is 22.4 Å². The van der Waals surface area contributed by atoms with E-state index in [2.05, 4.69) is 10.3 Å². The zero-order valence-corrected chi connectivity index (χ0v) is 23.2. The molecule has 12 heteroatoms. The molecule has 0 bridgehead atoms. The Kier molecular flexibility index (Phi) is 6.90. The normalized spacial score (nSPS) is 14.5. The van der Waals surface area contributed by atoms with E-state index in [1.165, 1.54) is 15.6 Å². The smallest absolute Gasteiger partial charge is 0.293 e. The number of halogens is 1. The lowest BCUT2D eigenvalue weighted by molar-refractivity contribution is -0.385. The molecule has 0 saturated carbocycles. The van der Waals surface area contributed by atoms with Crippen molar-refractivity contribution < 1.29 is 14.5 Å². The molecule has 10 nitrogen and oxygen atoms in total. The van der Waals surface area contributed by atoms with Crippen LogP contribution in [-0.4, -0.2) is 40.5 Å². The van der Waals surface area contributed by atoms with Crippen LogP contribution in [0.25, 0.3) is 22.7 Å². The van der Waals surface area contributed by atoms with Crippen molar-refractivity contribution >= 4 is 57.2 Å². The summed E-state index contributed by atoms with van der Waals surface area (Å²) >= 11 is 6.98. The number of carbonyl (C=O) groups is 2. The second-order valence-electron chi connectivity index (χ2n) is 9.46. The Bertz CT molecular complexity index is 1900. The fourth-order valence-electron chi connectivity index (χ4n) is 4.84. The Morgan fingerprint density at radius 3 is 2.63 bits per heavy atom. The van der Waals surface area contributed by atoms with Crippen LogP contribution in [0.15, 0.2) is 84.0 Å². The number of nitrogens with zero attached hydrogens (tertiary/aromatic N) is 6. The monoisotopic (exact) mass is 584 g/mol. The van der Waals surface area contributed by atoms with Crippen molar-refractivity contribution in [1.29, 1.82) is 0 Å². The highest BCUT2D eigenvalue weighted by Crippen LogP contribution is 2.35. The molecule has 0 unspecified atom stereocenters. The van der Waals surface area contributed by atoms with E-state index in [-0.39, 0.29) is 23.4 Å². The number of fused-ring (bicyclic) bond motifs is 1. The lowest BCUT2D eigenvalue weighted by Gasteiger charge is -2.12. The summed E-state index contributed by atoms with van der Waals surface area (Å²) < 4.78 is 3.52. The first-order valence-corrected chi connectivity index (χ1v) is 13.7. The van der Waals surface area contributed by atoms with Gasteiger partial charge >= 0.3 is 0 Å². The quantitative estimate of drug-likeness (QED) is 0.124. The lowest BCUT2D eigenvalue weighted by Crippen LogP contribution is -2.27. The highest BCUT2D eigenvalue weighted by atomic mass is 35.5. The molecule has 204 valence electrons. The largest absolute Gasteiger partial charge is 0.341 e. The van der Waals surface area contributed by atoms with Crippen molar-refractivity contribution in [3.63, 3.8) is 0 Å². The molecule has 0 N–H and O–H groups in total. The Hall–Kier alpha value is -4.74. The minimum Gasteiger partial charge on any atom is -0.341 e. The maximum atomic E-state index is 13.2. The zero-order chi connectivity index (χ0) is 28.7. The molecule has 0 atom stereocenters. The Labute approximate surface area is 243 Å². The molecule has 1 aliphatic rings. The van der Waals surface area contributed by atoms with Gasteiger partial charge in [-0.25, -0.2) is 4.68 Å². The molecule has 3 heterocycles. The summed E-state index contributed by atoms with van der Waals surface area (Å²) in [6.45, 7) is 2.19. The highest BCUT2D eigenvalue weighted by Gasteiger charge is 2.35. The number of thioether (sulfide) groups is 1. The van der Waals surface area contributed by atoms with Gasteiger partial charge in [0.25, 0.3) is 16.8 Å². The molecule has 6 rings (SSSR count). The molecule has 41 heavy (non-hydrogen) atoms. The number of imide groups is 1. The topological polar surface area (TPSA) is 116 Å². The van der Waals surface area contributed by atoms with Crippen molar-refractivity contribution in [3.05, 3.63) is 122 Å². The fourth-order valence-corrected chi connectivity index (χ4v) is 5.88. The summed E-state index contributed by atoms with van der Waals surface area (Å²) in [4.78, 5) is 38.4. The number of nitro groups is 1. The number of hydrogen-bond acceptors (Lipinski definition) is 7. The average Bonchev–Trinajstić information content (AvgIpc) is 3.62. The number of para-hydroxylation sites is 1. The van der Waals surface area contributed by atoms with E-state index in [0.717, 1.165) is 33.8 Å². The van der Waals surface area contributed by atoms with E-state index in [0.29, 0.717) is 33.4 Å². The third-order valence-electron chi connectivity index (χ3n) is 6.80. The summed E-state index contributed by atoms with van der Waals surface area (Å²) in [5.74, 6) is -0.355. The van der Waals surface area contributed by atoms with Gasteiger partial charge in [-0.15, -0.1) is 5.10 Å². The highest BCUT2D eigenvalue weighted by molar-refractivity contribution is 8.18. The minimum absolute atomic E-state index is 0.0116. The van der Waals surface area contributed by atoms with Crippen LogP contribution in [0.2, 0.25) is 5.02 Å². The predicted molar refractivity (Wildman–Crippen MR) is 157 cm³/mol. The van der Waals surface area contributed by atoms with Crippen LogP contribution in [0, 0.1) is 17.0 Å². The van der Waals surface area contributed by atoms with Gasteiger partial charge in [-0.05, 0) is 54.6 Å². The molecule has 0 spiro atoms. The first-order chi connectivity index (χ1) is 19.8. The molecule has 3 aromatic carbocycles. The van der Waals surface area contributed by atoms with Gasteiger partial charge < -0.3 is 4.57 Å². The van der Waals surface area contributed by atoms with Crippen LogP contribution >= 0.6 is 23.4 Å². The third-order valence-corrected chi connectivity index (χ3v) is 7.95. The molecule has 1 saturated heterocycles. The van der Waals surface area contributed by atoms with Gasteiger partial charge in [-0.3, -0.25) is 24.6 Å². The molecule has 0 radical (unpaired) electrons. The Morgan fingerprint density at radius 1 is 1.02 bits per heavy atom. The van der Waals surface area contributed by atoms with Gasteiger partial charge in [-0.2, -0.15) is 0 Å². The van der Waals surface area contributed by atoms with Gasteiger partial charge in [-0.1, -0.05) is 53.2 Å². The van der Waals surface area contributed by atoms with E-state index in [1.54, 1.807) is 49.5 Å². The van der Waals surface area contributed by atoms with Gasteiger partial charge in [0, 0.05) is 33.8 Å². The molecule has 5 aromatic rings. The predicted octanol–water partition coefficient (Wildman–Crippen LogP) is 6.38. The fraction of sp³-hybridized carbons (Fsp3) is 0.103. The summed E-state index contributed by atoms with van der Waals surface area (Å²) in [5.41, 5.74) is 4.19. The van der Waals surface area contributed by atoms with Crippen molar-refractivity contribution in [2.75, 3.05) is 0 Å². The number of aromatic nitrogens is 4. The Morgan fingerprint density at radius 2 is 1.83 bits per heavy atom. The molecule has 2 aromatic heterocycles. The van der Waals surface area contributed by atoms with E-state index in [9.17, 15) is 19.7 Å². The first kappa shape index (κ1) is 26.5. The van der Waals surface area contributed by atoms with Crippen LogP contribution in [0.3, 0.4) is 0 Å². The summed E-state index contributed by atoms with van der Waals surface area (Å²) in [5, 5.41) is 21.0. The third kappa shape index (κ3) is 5.12. The van der Waals surface area contributed by atoms with Crippen LogP contribution < -0.4 is 0 Å². The lowest BCUT2D eigenvalue weighted by atomic mass is 10.1. The van der Waals surface area contributed by atoms with Crippen LogP contribution in [0.4, 0.5) is 10.5 Å². The second-order valence-corrected chi connectivity index (χ2v) is 10.9. The van der Waals surface area contributed by atoms with Gasteiger partial charge in [0.05, 0.1) is 40.4 Å². The maximum Gasteiger partial charge on any atom is 0.293 e. The van der Waals surface area contributed by atoms with E-state index < -0.39 is 4.92 Å². The number of hydrogen-bond donors (Lipinski definition) is 0. The first-order valence-electron chi connectivity index (χ1n) is 12.5.